The van der Waals surface area contributed by atoms with Crippen LogP contribution >= 0.6 is 0 Å². The van der Waals surface area contributed by atoms with E-state index in [1.807, 2.05) is 25.5 Å². The van der Waals surface area contributed by atoms with Crippen molar-refractivity contribution in [2.45, 2.75) is 27.3 Å². The van der Waals surface area contributed by atoms with E-state index in [0.717, 1.165) is 30.2 Å². The molecule has 1 aromatic carbocycles. The second-order valence-corrected chi connectivity index (χ2v) is 6.62. The van der Waals surface area contributed by atoms with Crippen molar-refractivity contribution in [3.8, 4) is 5.69 Å². The summed E-state index contributed by atoms with van der Waals surface area (Å²) < 4.78 is 1.94. The quantitative estimate of drug-likeness (QED) is 0.943. The number of carbonyl (C=O) groups is 1. The molecular weight excluding hydrogens is 290 g/mol. The van der Waals surface area contributed by atoms with E-state index in [1.54, 1.807) is 0 Å². The lowest BCUT2D eigenvalue weighted by atomic mass is 9.99. The second-order valence-electron chi connectivity index (χ2n) is 6.62. The van der Waals surface area contributed by atoms with Gasteiger partial charge in [-0.1, -0.05) is 19.1 Å². The molecule has 5 heteroatoms. The molecule has 0 radical (unpaired) electrons. The predicted molar refractivity (Wildman–Crippen MR) is 88.6 cm³/mol. The Kier molecular flexibility index (Phi) is 4.22. The fourth-order valence-corrected chi connectivity index (χ4v) is 3.41. The lowest BCUT2D eigenvalue weighted by molar-refractivity contribution is -0.142. The SMILES string of the molecule is Cc1cc(C)n(-c2ccc(CN3C[C@@H](C)[C@H](C(=O)O)C3)cc2)n1. The molecule has 5 nitrogen and oxygen atoms in total. The van der Waals surface area contributed by atoms with Gasteiger partial charge in [-0.3, -0.25) is 9.69 Å². The van der Waals surface area contributed by atoms with Crippen LogP contribution in [0.2, 0.25) is 0 Å². The van der Waals surface area contributed by atoms with Crippen molar-refractivity contribution in [1.82, 2.24) is 14.7 Å². The van der Waals surface area contributed by atoms with Crippen LogP contribution in [-0.4, -0.2) is 38.8 Å². The number of benzene rings is 1. The van der Waals surface area contributed by atoms with Crippen LogP contribution in [0.25, 0.3) is 5.69 Å². The predicted octanol–water partition coefficient (Wildman–Crippen LogP) is 2.64. The smallest absolute Gasteiger partial charge is 0.308 e. The maximum absolute atomic E-state index is 11.2. The first kappa shape index (κ1) is 15.7. The number of hydrogen-bond donors (Lipinski definition) is 1. The highest BCUT2D eigenvalue weighted by Gasteiger charge is 2.34. The van der Waals surface area contributed by atoms with Crippen molar-refractivity contribution in [2.75, 3.05) is 13.1 Å². The number of rotatable bonds is 4. The third-order valence-corrected chi connectivity index (χ3v) is 4.60. The number of hydrogen-bond acceptors (Lipinski definition) is 3. The van der Waals surface area contributed by atoms with E-state index in [-0.39, 0.29) is 11.8 Å². The van der Waals surface area contributed by atoms with Gasteiger partial charge in [0.05, 0.1) is 17.3 Å². The fourth-order valence-electron chi connectivity index (χ4n) is 3.41. The highest BCUT2D eigenvalue weighted by molar-refractivity contribution is 5.71. The Bertz CT molecular complexity index is 706. The standard InChI is InChI=1S/C18H23N3O2/c1-12-9-20(11-17(12)18(22)23)10-15-4-6-16(7-5-15)21-14(3)8-13(2)19-21/h4-8,12,17H,9-11H2,1-3H3,(H,22,23)/t12-,17-/m1/s1. The van der Waals surface area contributed by atoms with Crippen molar-refractivity contribution < 1.29 is 9.90 Å². The molecule has 1 fully saturated rings. The summed E-state index contributed by atoms with van der Waals surface area (Å²) in [7, 11) is 0. The molecule has 1 aromatic heterocycles. The summed E-state index contributed by atoms with van der Waals surface area (Å²) in [5, 5.41) is 13.7. The minimum atomic E-state index is -0.681. The van der Waals surface area contributed by atoms with Gasteiger partial charge in [0, 0.05) is 25.3 Å². The fraction of sp³-hybridized carbons (Fsp3) is 0.444. The van der Waals surface area contributed by atoms with Gasteiger partial charge in [0.15, 0.2) is 0 Å². The maximum Gasteiger partial charge on any atom is 0.308 e. The van der Waals surface area contributed by atoms with Gasteiger partial charge in [-0.05, 0) is 43.5 Å². The number of nitrogens with zero attached hydrogens (tertiary/aromatic N) is 3. The molecule has 1 saturated heterocycles. The molecule has 0 aliphatic carbocycles. The minimum Gasteiger partial charge on any atom is -0.481 e. The van der Waals surface area contributed by atoms with E-state index in [4.69, 9.17) is 0 Å². The van der Waals surface area contributed by atoms with E-state index >= 15 is 0 Å². The van der Waals surface area contributed by atoms with Crippen LogP contribution in [-0.2, 0) is 11.3 Å². The van der Waals surface area contributed by atoms with Crippen molar-refractivity contribution in [3.63, 3.8) is 0 Å². The molecule has 1 aliphatic heterocycles. The number of carboxylic acid groups (broad SMARTS) is 1. The number of aliphatic carboxylic acids is 1. The third-order valence-electron chi connectivity index (χ3n) is 4.60. The van der Waals surface area contributed by atoms with E-state index in [0.29, 0.717) is 6.54 Å². The molecule has 3 rings (SSSR count). The van der Waals surface area contributed by atoms with Gasteiger partial charge in [-0.2, -0.15) is 5.10 Å². The van der Waals surface area contributed by atoms with Crippen molar-refractivity contribution in [1.29, 1.82) is 0 Å². The molecule has 2 aromatic rings. The van der Waals surface area contributed by atoms with Gasteiger partial charge in [0.1, 0.15) is 0 Å². The Morgan fingerprint density at radius 3 is 2.48 bits per heavy atom. The van der Waals surface area contributed by atoms with Crippen LogP contribution in [0.1, 0.15) is 23.9 Å². The molecule has 1 aliphatic rings. The molecule has 2 heterocycles. The Balaban J connectivity index is 1.69. The molecular formula is C18H23N3O2. The molecule has 0 amide bonds. The number of carboxylic acids is 1. The van der Waals surface area contributed by atoms with E-state index < -0.39 is 5.97 Å². The second kappa shape index (κ2) is 6.16. The highest BCUT2D eigenvalue weighted by atomic mass is 16.4. The molecule has 0 bridgehead atoms. The van der Waals surface area contributed by atoms with Gasteiger partial charge in [0.25, 0.3) is 0 Å². The molecule has 0 saturated carbocycles. The Labute approximate surface area is 136 Å². The summed E-state index contributed by atoms with van der Waals surface area (Å²) in [4.78, 5) is 13.4. The zero-order chi connectivity index (χ0) is 16.6. The third kappa shape index (κ3) is 3.29. The van der Waals surface area contributed by atoms with Crippen LogP contribution in [0.3, 0.4) is 0 Å². The first-order valence-corrected chi connectivity index (χ1v) is 8.02. The van der Waals surface area contributed by atoms with E-state index in [2.05, 4.69) is 40.3 Å². The van der Waals surface area contributed by atoms with Gasteiger partial charge >= 0.3 is 5.97 Å². The molecule has 0 spiro atoms. The Morgan fingerprint density at radius 2 is 1.96 bits per heavy atom. The highest BCUT2D eigenvalue weighted by Crippen LogP contribution is 2.25. The maximum atomic E-state index is 11.2. The molecule has 0 unspecified atom stereocenters. The van der Waals surface area contributed by atoms with Crippen LogP contribution < -0.4 is 0 Å². The van der Waals surface area contributed by atoms with Crippen molar-refractivity contribution >= 4 is 5.97 Å². The Morgan fingerprint density at radius 1 is 1.26 bits per heavy atom. The van der Waals surface area contributed by atoms with Crippen LogP contribution in [0.4, 0.5) is 0 Å². The van der Waals surface area contributed by atoms with Gasteiger partial charge in [-0.25, -0.2) is 4.68 Å². The van der Waals surface area contributed by atoms with Crippen molar-refractivity contribution in [3.05, 3.63) is 47.3 Å². The summed E-state index contributed by atoms with van der Waals surface area (Å²) >= 11 is 0. The van der Waals surface area contributed by atoms with E-state index in [1.165, 1.54) is 5.56 Å². The van der Waals surface area contributed by atoms with Gasteiger partial charge in [-0.15, -0.1) is 0 Å². The number of aryl methyl sites for hydroxylation is 2. The largest absolute Gasteiger partial charge is 0.481 e. The van der Waals surface area contributed by atoms with Gasteiger partial charge < -0.3 is 5.11 Å². The summed E-state index contributed by atoms with van der Waals surface area (Å²) in [6.45, 7) is 8.33. The lowest BCUT2D eigenvalue weighted by Gasteiger charge is -2.15. The van der Waals surface area contributed by atoms with Crippen LogP contribution in [0.15, 0.2) is 30.3 Å². The minimum absolute atomic E-state index is 0.210. The monoisotopic (exact) mass is 313 g/mol. The normalized spacial score (nSPS) is 21.7. The molecule has 122 valence electrons. The topological polar surface area (TPSA) is 58.4 Å². The summed E-state index contributed by atoms with van der Waals surface area (Å²) in [6.07, 6.45) is 0. The van der Waals surface area contributed by atoms with Crippen LogP contribution in [0, 0.1) is 25.7 Å². The lowest BCUT2D eigenvalue weighted by Crippen LogP contribution is -2.23. The zero-order valence-corrected chi connectivity index (χ0v) is 13.9. The summed E-state index contributed by atoms with van der Waals surface area (Å²) in [5.41, 5.74) is 4.39. The summed E-state index contributed by atoms with van der Waals surface area (Å²) in [6, 6.07) is 10.4. The molecule has 1 N–H and O–H groups in total. The van der Waals surface area contributed by atoms with Crippen LogP contribution in [0.5, 0.6) is 0 Å². The van der Waals surface area contributed by atoms with E-state index in [9.17, 15) is 9.90 Å². The zero-order valence-electron chi connectivity index (χ0n) is 13.9. The number of aromatic nitrogens is 2. The number of likely N-dealkylation sites (tertiary alicyclic amines) is 1. The molecule has 2 atom stereocenters. The van der Waals surface area contributed by atoms with Gasteiger partial charge in [0.2, 0.25) is 0 Å². The van der Waals surface area contributed by atoms with Crippen molar-refractivity contribution in [2.24, 2.45) is 11.8 Å². The Hall–Kier alpha value is -2.14. The molecule has 23 heavy (non-hydrogen) atoms. The summed E-state index contributed by atoms with van der Waals surface area (Å²) in [5.74, 6) is -0.717. The average molecular weight is 313 g/mol. The average Bonchev–Trinajstić information content (AvgIpc) is 3.02. The first-order chi connectivity index (χ1) is 10.9. The first-order valence-electron chi connectivity index (χ1n) is 8.02.